The summed E-state index contributed by atoms with van der Waals surface area (Å²) < 4.78 is 1.79. The molecular weight excluding hydrogens is 316 g/mol. The third kappa shape index (κ3) is 3.04. The number of hydrogen-bond acceptors (Lipinski definition) is 3. The van der Waals surface area contributed by atoms with E-state index in [0.29, 0.717) is 18.5 Å². The average molecular weight is 340 g/mol. The molecule has 2 amide bonds. The van der Waals surface area contributed by atoms with Crippen molar-refractivity contribution in [2.45, 2.75) is 32.7 Å². The number of aromatic nitrogens is 2. The van der Waals surface area contributed by atoms with Gasteiger partial charge in [0.2, 0.25) is 5.91 Å². The molecule has 0 N–H and O–H groups in total. The van der Waals surface area contributed by atoms with Crippen LogP contribution < -0.4 is 0 Å². The number of carbonyl (C=O) groups excluding carboxylic acids is 2. The number of benzene rings is 1. The van der Waals surface area contributed by atoms with E-state index < -0.39 is 0 Å². The second-order valence-corrected chi connectivity index (χ2v) is 6.73. The van der Waals surface area contributed by atoms with Crippen LogP contribution in [0.5, 0.6) is 0 Å². The van der Waals surface area contributed by atoms with E-state index >= 15 is 0 Å². The Morgan fingerprint density at radius 2 is 1.92 bits per heavy atom. The quantitative estimate of drug-likeness (QED) is 0.860. The Balaban J connectivity index is 1.91. The Bertz CT molecular complexity index is 810. The molecule has 0 aliphatic carbocycles. The minimum absolute atomic E-state index is 0.0187. The molecule has 1 aromatic heterocycles. The molecule has 1 saturated heterocycles. The molecule has 1 aliphatic heterocycles. The predicted octanol–water partition coefficient (Wildman–Crippen LogP) is 2.18. The van der Waals surface area contributed by atoms with Gasteiger partial charge in [-0.2, -0.15) is 5.10 Å². The highest BCUT2D eigenvalue weighted by Gasteiger charge is 2.36. The van der Waals surface area contributed by atoms with E-state index in [-0.39, 0.29) is 17.9 Å². The molecular formula is C19H24N4O2. The van der Waals surface area contributed by atoms with E-state index in [1.54, 1.807) is 34.8 Å². The Morgan fingerprint density at radius 3 is 2.60 bits per heavy atom. The summed E-state index contributed by atoms with van der Waals surface area (Å²) in [5.41, 5.74) is 3.40. The van der Waals surface area contributed by atoms with Crippen LogP contribution >= 0.6 is 0 Å². The lowest BCUT2D eigenvalue weighted by molar-refractivity contribution is -0.132. The van der Waals surface area contributed by atoms with Gasteiger partial charge < -0.3 is 9.80 Å². The second kappa shape index (κ2) is 6.70. The van der Waals surface area contributed by atoms with Crippen molar-refractivity contribution >= 4 is 11.8 Å². The zero-order chi connectivity index (χ0) is 18.1. The van der Waals surface area contributed by atoms with Gasteiger partial charge >= 0.3 is 0 Å². The normalized spacial score (nSPS) is 17.0. The van der Waals surface area contributed by atoms with E-state index in [0.717, 1.165) is 23.4 Å². The van der Waals surface area contributed by atoms with Gasteiger partial charge in [0.15, 0.2) is 0 Å². The van der Waals surface area contributed by atoms with Crippen LogP contribution in [0.1, 0.15) is 34.5 Å². The van der Waals surface area contributed by atoms with Crippen LogP contribution in [-0.2, 0) is 4.79 Å². The fourth-order valence-electron chi connectivity index (χ4n) is 3.38. The van der Waals surface area contributed by atoms with Crippen molar-refractivity contribution in [1.29, 1.82) is 0 Å². The largest absolute Gasteiger partial charge is 0.347 e. The van der Waals surface area contributed by atoms with Crippen LogP contribution in [0.3, 0.4) is 0 Å². The van der Waals surface area contributed by atoms with Crippen molar-refractivity contribution in [2.24, 2.45) is 0 Å². The van der Waals surface area contributed by atoms with E-state index in [1.807, 2.05) is 38.1 Å². The van der Waals surface area contributed by atoms with Crippen LogP contribution in [0.4, 0.5) is 0 Å². The van der Waals surface area contributed by atoms with Crippen molar-refractivity contribution < 1.29 is 9.59 Å². The van der Waals surface area contributed by atoms with Crippen molar-refractivity contribution in [2.75, 3.05) is 20.6 Å². The van der Waals surface area contributed by atoms with Gasteiger partial charge in [0, 0.05) is 20.6 Å². The molecule has 6 heteroatoms. The first-order valence-electron chi connectivity index (χ1n) is 8.54. The molecule has 1 atom stereocenters. The number of carbonyl (C=O) groups is 2. The summed E-state index contributed by atoms with van der Waals surface area (Å²) in [6.45, 7) is 4.52. The molecule has 2 aromatic rings. The van der Waals surface area contributed by atoms with Gasteiger partial charge in [-0.1, -0.05) is 18.2 Å². The summed E-state index contributed by atoms with van der Waals surface area (Å²) in [5, 5.41) is 4.42. The maximum Gasteiger partial charge on any atom is 0.258 e. The first-order valence-corrected chi connectivity index (χ1v) is 8.54. The number of rotatable bonds is 3. The zero-order valence-electron chi connectivity index (χ0n) is 15.2. The molecule has 1 unspecified atom stereocenters. The van der Waals surface area contributed by atoms with Crippen LogP contribution in [0, 0.1) is 13.8 Å². The van der Waals surface area contributed by atoms with Gasteiger partial charge in [-0.15, -0.1) is 0 Å². The number of likely N-dealkylation sites (tertiary alicyclic amines) is 1. The highest BCUT2D eigenvalue weighted by atomic mass is 16.2. The Morgan fingerprint density at radius 1 is 1.20 bits per heavy atom. The van der Waals surface area contributed by atoms with Crippen LogP contribution in [-0.4, -0.2) is 58.1 Å². The van der Waals surface area contributed by atoms with Gasteiger partial charge in [-0.25, -0.2) is 4.68 Å². The molecule has 1 fully saturated rings. The highest BCUT2D eigenvalue weighted by Crippen LogP contribution is 2.24. The molecule has 25 heavy (non-hydrogen) atoms. The van der Waals surface area contributed by atoms with Crippen LogP contribution in [0.15, 0.2) is 30.5 Å². The maximum absolute atomic E-state index is 13.0. The Kier molecular flexibility index (Phi) is 4.61. The third-order valence-corrected chi connectivity index (χ3v) is 4.82. The first kappa shape index (κ1) is 17.2. The van der Waals surface area contributed by atoms with E-state index in [2.05, 4.69) is 5.10 Å². The number of para-hydroxylation sites is 1. The Hall–Kier alpha value is -2.63. The van der Waals surface area contributed by atoms with E-state index in [4.69, 9.17) is 0 Å². The summed E-state index contributed by atoms with van der Waals surface area (Å²) in [6.07, 6.45) is 3.17. The number of amides is 2. The number of aryl methyl sites for hydroxylation is 1. The minimum atomic E-state index is -0.372. The first-order chi connectivity index (χ1) is 11.9. The summed E-state index contributed by atoms with van der Waals surface area (Å²) in [7, 11) is 3.45. The monoisotopic (exact) mass is 340 g/mol. The number of hydrogen-bond donors (Lipinski definition) is 0. The number of likely N-dealkylation sites (N-methyl/N-ethyl adjacent to an activating group) is 1. The summed E-state index contributed by atoms with van der Waals surface area (Å²) >= 11 is 0. The summed E-state index contributed by atoms with van der Waals surface area (Å²) in [5.74, 6) is -0.134. The topological polar surface area (TPSA) is 58.4 Å². The van der Waals surface area contributed by atoms with Crippen LogP contribution in [0.2, 0.25) is 0 Å². The van der Waals surface area contributed by atoms with Crippen molar-refractivity contribution in [3.05, 3.63) is 47.3 Å². The molecule has 0 bridgehead atoms. The lowest BCUT2D eigenvalue weighted by Gasteiger charge is -2.26. The van der Waals surface area contributed by atoms with Gasteiger partial charge in [0.25, 0.3) is 5.91 Å². The second-order valence-electron chi connectivity index (χ2n) is 6.73. The van der Waals surface area contributed by atoms with E-state index in [9.17, 15) is 9.59 Å². The molecule has 6 nitrogen and oxygen atoms in total. The fourth-order valence-corrected chi connectivity index (χ4v) is 3.38. The van der Waals surface area contributed by atoms with Gasteiger partial charge in [-0.3, -0.25) is 9.59 Å². The molecule has 2 heterocycles. The van der Waals surface area contributed by atoms with Gasteiger partial charge in [0.1, 0.15) is 6.04 Å². The summed E-state index contributed by atoms with van der Waals surface area (Å²) in [6, 6.07) is 7.56. The average Bonchev–Trinajstić information content (AvgIpc) is 3.21. The third-order valence-electron chi connectivity index (χ3n) is 4.82. The maximum atomic E-state index is 13.0. The lowest BCUT2D eigenvalue weighted by atomic mass is 10.1. The van der Waals surface area contributed by atoms with Crippen molar-refractivity contribution in [3.8, 4) is 5.69 Å². The molecule has 0 saturated carbocycles. The molecule has 132 valence electrons. The molecule has 0 spiro atoms. The van der Waals surface area contributed by atoms with Crippen LogP contribution in [0.25, 0.3) is 5.69 Å². The zero-order valence-corrected chi connectivity index (χ0v) is 15.2. The van der Waals surface area contributed by atoms with Gasteiger partial charge in [-0.05, 0) is 38.3 Å². The van der Waals surface area contributed by atoms with Crippen molar-refractivity contribution in [1.82, 2.24) is 19.6 Å². The SMILES string of the molecule is Cc1ccccc1-n1ncc(C(=O)N2CCCC2C(=O)N(C)C)c1C. The lowest BCUT2D eigenvalue weighted by Crippen LogP contribution is -2.45. The smallest absolute Gasteiger partial charge is 0.258 e. The predicted molar refractivity (Wildman–Crippen MR) is 95.8 cm³/mol. The fraction of sp³-hybridized carbons (Fsp3) is 0.421. The molecule has 0 radical (unpaired) electrons. The summed E-state index contributed by atoms with van der Waals surface area (Å²) in [4.78, 5) is 28.6. The van der Waals surface area contributed by atoms with E-state index in [1.165, 1.54) is 0 Å². The van der Waals surface area contributed by atoms with Gasteiger partial charge in [0.05, 0.1) is 23.1 Å². The highest BCUT2D eigenvalue weighted by molar-refractivity contribution is 5.98. The molecule has 3 rings (SSSR count). The molecule has 1 aromatic carbocycles. The standard InChI is InChI=1S/C19H24N4O2/c1-13-8-5-6-9-16(13)23-14(2)15(12-20-23)18(24)22-11-7-10-17(22)19(25)21(3)4/h5-6,8-9,12,17H,7,10-11H2,1-4H3. The Labute approximate surface area is 148 Å². The molecule has 1 aliphatic rings. The minimum Gasteiger partial charge on any atom is -0.347 e. The van der Waals surface area contributed by atoms with Crippen molar-refractivity contribution in [3.63, 3.8) is 0 Å². The number of nitrogens with zero attached hydrogens (tertiary/aromatic N) is 4.